The fraction of sp³-hybridized carbons (Fsp3) is 0.462. The maximum Gasteiger partial charge on any atom is 0.223 e. The molecule has 0 heterocycles. The third-order valence-corrected chi connectivity index (χ3v) is 5.36. The Bertz CT molecular complexity index is 605. The second kappa shape index (κ2) is 7.98. The molecule has 5 nitrogen and oxygen atoms in total. The molecule has 0 bridgehead atoms. The lowest BCUT2D eigenvalue weighted by Crippen LogP contribution is -2.30. The molecular weight excluding hydrogens is 335 g/mol. The summed E-state index contributed by atoms with van der Waals surface area (Å²) in [6.07, 6.45) is 0.571. The van der Waals surface area contributed by atoms with E-state index in [1.807, 2.05) is 0 Å². The van der Waals surface area contributed by atoms with Gasteiger partial charge >= 0.3 is 0 Å². The van der Waals surface area contributed by atoms with Crippen LogP contribution in [0.1, 0.15) is 12.8 Å². The lowest BCUT2D eigenvalue weighted by molar-refractivity contribution is -0.129. The van der Waals surface area contributed by atoms with Gasteiger partial charge in [-0.2, -0.15) is 0 Å². The van der Waals surface area contributed by atoms with Crippen LogP contribution in [0.25, 0.3) is 0 Å². The van der Waals surface area contributed by atoms with Crippen LogP contribution in [0.2, 0.25) is 10.0 Å². The van der Waals surface area contributed by atoms with Crippen LogP contribution in [0.5, 0.6) is 0 Å². The van der Waals surface area contributed by atoms with Crippen molar-refractivity contribution in [1.82, 2.24) is 4.90 Å². The van der Waals surface area contributed by atoms with E-state index >= 15 is 0 Å². The van der Waals surface area contributed by atoms with Crippen LogP contribution in [0.4, 0.5) is 0 Å². The Morgan fingerprint density at radius 3 is 2.62 bits per heavy atom. The van der Waals surface area contributed by atoms with Gasteiger partial charge in [0, 0.05) is 25.0 Å². The highest BCUT2D eigenvalue weighted by Crippen LogP contribution is 2.26. The maximum absolute atomic E-state index is 12.2. The Morgan fingerprint density at radius 1 is 1.33 bits per heavy atom. The van der Waals surface area contributed by atoms with E-state index in [2.05, 4.69) is 0 Å². The molecule has 118 valence electrons. The molecule has 0 fully saturated rings. The van der Waals surface area contributed by atoms with Crippen molar-refractivity contribution >= 4 is 38.9 Å². The maximum atomic E-state index is 12.2. The molecule has 0 aromatic heterocycles. The molecule has 1 amide bonds. The number of halogens is 2. The van der Waals surface area contributed by atoms with Gasteiger partial charge in [-0.1, -0.05) is 23.2 Å². The number of amides is 1. The molecular formula is C13H18Cl2N2O3S. The van der Waals surface area contributed by atoms with Crippen molar-refractivity contribution in [3.63, 3.8) is 0 Å². The van der Waals surface area contributed by atoms with Gasteiger partial charge in [0.05, 0.1) is 15.7 Å². The molecule has 0 radical (unpaired) electrons. The summed E-state index contributed by atoms with van der Waals surface area (Å²) in [6, 6.07) is 4.22. The summed E-state index contributed by atoms with van der Waals surface area (Å²) in [4.78, 5) is 13.3. The van der Waals surface area contributed by atoms with Gasteiger partial charge in [-0.05, 0) is 31.2 Å². The summed E-state index contributed by atoms with van der Waals surface area (Å²) < 4.78 is 24.4. The number of hydrogen-bond donors (Lipinski definition) is 1. The van der Waals surface area contributed by atoms with Crippen LogP contribution in [0, 0.1) is 0 Å². The van der Waals surface area contributed by atoms with Crippen LogP contribution >= 0.6 is 23.2 Å². The first-order chi connectivity index (χ1) is 9.77. The smallest absolute Gasteiger partial charge is 0.223 e. The molecule has 1 aromatic carbocycles. The molecule has 0 unspecified atom stereocenters. The molecule has 1 rings (SSSR count). The zero-order valence-corrected chi connectivity index (χ0v) is 14.0. The van der Waals surface area contributed by atoms with Crippen molar-refractivity contribution in [1.29, 1.82) is 0 Å². The van der Waals surface area contributed by atoms with Crippen molar-refractivity contribution in [3.05, 3.63) is 28.2 Å². The number of rotatable bonds is 7. The first-order valence-corrected chi connectivity index (χ1v) is 8.80. The molecule has 0 saturated carbocycles. The van der Waals surface area contributed by atoms with E-state index in [4.69, 9.17) is 28.9 Å². The molecule has 0 aliphatic heterocycles. The fourth-order valence-corrected chi connectivity index (χ4v) is 3.73. The van der Waals surface area contributed by atoms with Gasteiger partial charge in [-0.3, -0.25) is 4.79 Å². The summed E-state index contributed by atoms with van der Waals surface area (Å²) in [5.41, 5.74) is 5.37. The molecule has 0 atom stereocenters. The monoisotopic (exact) mass is 352 g/mol. The number of sulfone groups is 1. The summed E-state index contributed by atoms with van der Waals surface area (Å²) in [5.74, 6) is -0.552. The van der Waals surface area contributed by atoms with Crippen LogP contribution in [-0.4, -0.2) is 45.1 Å². The van der Waals surface area contributed by atoms with Gasteiger partial charge in [-0.15, -0.1) is 0 Å². The van der Waals surface area contributed by atoms with Gasteiger partial charge in [0.2, 0.25) is 5.91 Å². The van der Waals surface area contributed by atoms with Crippen LogP contribution in [-0.2, 0) is 14.6 Å². The summed E-state index contributed by atoms with van der Waals surface area (Å²) >= 11 is 11.7. The highest BCUT2D eigenvalue weighted by atomic mass is 35.5. The zero-order chi connectivity index (χ0) is 16.0. The lowest BCUT2D eigenvalue weighted by Gasteiger charge is -2.16. The van der Waals surface area contributed by atoms with Crippen molar-refractivity contribution in [2.24, 2.45) is 5.73 Å². The Kier molecular flexibility index (Phi) is 6.93. The minimum absolute atomic E-state index is 0.0472. The summed E-state index contributed by atoms with van der Waals surface area (Å²) in [7, 11) is -2.03. The summed E-state index contributed by atoms with van der Waals surface area (Å²) in [5, 5.41) is 0.382. The average molecular weight is 353 g/mol. The normalized spacial score (nSPS) is 11.4. The minimum atomic E-state index is -3.65. The molecule has 0 saturated heterocycles. The van der Waals surface area contributed by atoms with E-state index in [1.165, 1.54) is 23.1 Å². The second-order valence-electron chi connectivity index (χ2n) is 4.60. The van der Waals surface area contributed by atoms with Gasteiger partial charge in [0.25, 0.3) is 0 Å². The number of nitrogens with zero attached hydrogens (tertiary/aromatic N) is 1. The van der Waals surface area contributed by atoms with Gasteiger partial charge < -0.3 is 10.6 Å². The number of benzene rings is 1. The van der Waals surface area contributed by atoms with Gasteiger partial charge in [-0.25, -0.2) is 8.42 Å². The molecule has 0 aliphatic carbocycles. The zero-order valence-electron chi connectivity index (χ0n) is 11.7. The predicted molar refractivity (Wildman–Crippen MR) is 84.4 cm³/mol. The Morgan fingerprint density at radius 2 is 2.00 bits per heavy atom. The van der Waals surface area contributed by atoms with Crippen LogP contribution in [0.15, 0.2) is 23.1 Å². The second-order valence-corrected chi connectivity index (χ2v) is 7.52. The topological polar surface area (TPSA) is 80.5 Å². The SMILES string of the molecule is CN(CCCN)C(=O)CCS(=O)(=O)c1cc(Cl)ccc1Cl. The molecule has 21 heavy (non-hydrogen) atoms. The Labute approximate surface area is 134 Å². The number of hydrogen-bond acceptors (Lipinski definition) is 4. The van der Waals surface area contributed by atoms with Gasteiger partial charge in [0.15, 0.2) is 9.84 Å². The number of carbonyl (C=O) groups is 1. The Hall–Kier alpha value is -0.820. The van der Waals surface area contributed by atoms with E-state index in [9.17, 15) is 13.2 Å². The van der Waals surface area contributed by atoms with Crippen LogP contribution in [0.3, 0.4) is 0 Å². The van der Waals surface area contributed by atoms with E-state index in [-0.39, 0.29) is 33.0 Å². The Balaban J connectivity index is 2.73. The average Bonchev–Trinajstić information content (AvgIpc) is 2.44. The van der Waals surface area contributed by atoms with E-state index < -0.39 is 9.84 Å². The molecule has 1 aromatic rings. The largest absolute Gasteiger partial charge is 0.346 e. The molecule has 8 heteroatoms. The van der Waals surface area contributed by atoms with E-state index in [0.29, 0.717) is 19.5 Å². The lowest BCUT2D eigenvalue weighted by atomic mass is 10.3. The third kappa shape index (κ3) is 5.47. The van der Waals surface area contributed by atoms with E-state index in [0.717, 1.165) is 0 Å². The molecule has 0 aliphatic rings. The standard InChI is InChI=1S/C13H18Cl2N2O3S/c1-17(7-2-6-16)13(18)5-8-21(19,20)12-9-10(14)3-4-11(12)15/h3-4,9H,2,5-8,16H2,1H3. The van der Waals surface area contributed by atoms with Gasteiger partial charge in [0.1, 0.15) is 0 Å². The van der Waals surface area contributed by atoms with Crippen molar-refractivity contribution in [3.8, 4) is 0 Å². The fourth-order valence-electron chi connectivity index (χ4n) is 1.69. The predicted octanol–water partition coefficient (Wildman–Crippen LogP) is 1.96. The van der Waals surface area contributed by atoms with E-state index in [1.54, 1.807) is 7.05 Å². The van der Waals surface area contributed by atoms with Crippen LogP contribution < -0.4 is 5.73 Å². The number of carbonyl (C=O) groups excluding carboxylic acids is 1. The third-order valence-electron chi connectivity index (χ3n) is 2.94. The summed E-state index contributed by atoms with van der Waals surface area (Å²) in [6.45, 7) is 0.987. The van der Waals surface area contributed by atoms with Crippen molar-refractivity contribution in [2.75, 3.05) is 25.9 Å². The number of nitrogens with two attached hydrogens (primary N) is 1. The highest BCUT2D eigenvalue weighted by molar-refractivity contribution is 7.91. The first kappa shape index (κ1) is 18.2. The first-order valence-electron chi connectivity index (χ1n) is 6.40. The molecule has 2 N–H and O–H groups in total. The minimum Gasteiger partial charge on any atom is -0.346 e. The van der Waals surface area contributed by atoms with Crippen molar-refractivity contribution < 1.29 is 13.2 Å². The molecule has 0 spiro atoms. The quantitative estimate of drug-likeness (QED) is 0.813. The van der Waals surface area contributed by atoms with Crippen molar-refractivity contribution in [2.45, 2.75) is 17.7 Å². The highest BCUT2D eigenvalue weighted by Gasteiger charge is 2.21.